The van der Waals surface area contributed by atoms with Gasteiger partial charge in [-0.2, -0.15) is 0 Å². The summed E-state index contributed by atoms with van der Waals surface area (Å²) in [7, 11) is 1.74. The zero-order valence-electron chi connectivity index (χ0n) is 14.0. The van der Waals surface area contributed by atoms with E-state index in [0.29, 0.717) is 25.2 Å². The highest BCUT2D eigenvalue weighted by molar-refractivity contribution is 7.18. The minimum absolute atomic E-state index is 0.00665. The van der Waals surface area contributed by atoms with Crippen LogP contribution in [0.3, 0.4) is 0 Å². The summed E-state index contributed by atoms with van der Waals surface area (Å²) >= 11 is 1.62. The quantitative estimate of drug-likeness (QED) is 0.761. The Morgan fingerprint density at radius 3 is 3.12 bits per heavy atom. The fraction of sp³-hybridized carbons (Fsp3) is 0.389. The molecule has 130 valence electrons. The van der Waals surface area contributed by atoms with E-state index in [1.54, 1.807) is 35.6 Å². The lowest BCUT2D eigenvalue weighted by Crippen LogP contribution is -2.26. The van der Waals surface area contributed by atoms with E-state index in [0.717, 1.165) is 35.2 Å². The number of rotatable bonds is 5. The van der Waals surface area contributed by atoms with Gasteiger partial charge in [0.05, 0.1) is 18.2 Å². The first kappa shape index (κ1) is 16.1. The highest BCUT2D eigenvalue weighted by Crippen LogP contribution is 2.34. The van der Waals surface area contributed by atoms with E-state index in [9.17, 15) is 9.59 Å². The molecule has 0 fully saturated rings. The zero-order valence-corrected chi connectivity index (χ0v) is 14.8. The maximum absolute atomic E-state index is 12.4. The molecular weight excluding hydrogens is 338 g/mol. The van der Waals surface area contributed by atoms with Crippen LogP contribution in [-0.4, -0.2) is 27.8 Å². The molecule has 0 radical (unpaired) electrons. The molecule has 1 amide bonds. The number of H-pyrrole nitrogens is 1. The number of nitrogens with zero attached hydrogens (tertiary/aromatic N) is 2. The van der Waals surface area contributed by atoms with Crippen LogP contribution in [0.1, 0.15) is 34.9 Å². The monoisotopic (exact) mass is 357 g/mol. The summed E-state index contributed by atoms with van der Waals surface area (Å²) in [5.74, 6) is 1.32. The van der Waals surface area contributed by atoms with Crippen molar-refractivity contribution in [1.29, 1.82) is 0 Å². The lowest BCUT2D eigenvalue weighted by atomic mass is 10.2. The maximum Gasteiger partial charge on any atom is 0.259 e. The second kappa shape index (κ2) is 6.48. The topological polar surface area (TPSA) is 79.2 Å². The van der Waals surface area contributed by atoms with Crippen molar-refractivity contribution < 1.29 is 9.21 Å². The van der Waals surface area contributed by atoms with Gasteiger partial charge in [-0.1, -0.05) is 0 Å². The van der Waals surface area contributed by atoms with Gasteiger partial charge in [0.1, 0.15) is 16.4 Å². The molecule has 1 aliphatic carbocycles. The first-order chi connectivity index (χ1) is 12.1. The van der Waals surface area contributed by atoms with Crippen LogP contribution in [0.4, 0.5) is 0 Å². The van der Waals surface area contributed by atoms with Crippen molar-refractivity contribution in [2.24, 2.45) is 0 Å². The third-order valence-corrected chi connectivity index (χ3v) is 5.78. The van der Waals surface area contributed by atoms with Gasteiger partial charge >= 0.3 is 0 Å². The standard InChI is InChI=1S/C18H19N3O3S/c1-21(10-11-4-3-9-24-11)15(22)8-7-14-19-17(23)16-12-5-2-6-13(12)25-18(16)20-14/h3-4,9H,2,5-8,10H2,1H3,(H,19,20,23). The molecule has 3 aromatic rings. The van der Waals surface area contributed by atoms with Crippen LogP contribution < -0.4 is 5.56 Å². The maximum atomic E-state index is 12.4. The van der Waals surface area contributed by atoms with Crippen LogP contribution in [0.25, 0.3) is 10.2 Å². The normalized spacial score (nSPS) is 13.3. The molecule has 0 unspecified atom stereocenters. The summed E-state index contributed by atoms with van der Waals surface area (Å²) in [5.41, 5.74) is 1.10. The summed E-state index contributed by atoms with van der Waals surface area (Å²) in [4.78, 5) is 35.8. The highest BCUT2D eigenvalue weighted by atomic mass is 32.1. The van der Waals surface area contributed by atoms with Crippen LogP contribution in [0, 0.1) is 0 Å². The first-order valence-electron chi connectivity index (χ1n) is 8.41. The largest absolute Gasteiger partial charge is 0.467 e. The summed E-state index contributed by atoms with van der Waals surface area (Å²) in [6.45, 7) is 0.437. The number of furan rings is 1. The van der Waals surface area contributed by atoms with Crippen LogP contribution in [0.15, 0.2) is 27.6 Å². The van der Waals surface area contributed by atoms with Crippen molar-refractivity contribution in [2.45, 2.75) is 38.6 Å². The van der Waals surface area contributed by atoms with E-state index >= 15 is 0 Å². The Morgan fingerprint density at radius 2 is 2.32 bits per heavy atom. The van der Waals surface area contributed by atoms with Crippen LogP contribution in [-0.2, 0) is 30.6 Å². The number of amides is 1. The molecule has 6 nitrogen and oxygen atoms in total. The molecule has 1 N–H and O–H groups in total. The summed E-state index contributed by atoms with van der Waals surface area (Å²) < 4.78 is 5.26. The Morgan fingerprint density at radius 1 is 1.44 bits per heavy atom. The van der Waals surface area contributed by atoms with E-state index < -0.39 is 0 Å². The molecule has 0 saturated carbocycles. The van der Waals surface area contributed by atoms with Crippen molar-refractivity contribution in [3.8, 4) is 0 Å². The number of aryl methyl sites for hydroxylation is 3. The highest BCUT2D eigenvalue weighted by Gasteiger charge is 2.21. The van der Waals surface area contributed by atoms with Gasteiger partial charge in [-0.3, -0.25) is 9.59 Å². The molecule has 3 heterocycles. The number of hydrogen-bond acceptors (Lipinski definition) is 5. The molecule has 0 spiro atoms. The second-order valence-electron chi connectivity index (χ2n) is 6.38. The number of nitrogens with one attached hydrogen (secondary N) is 1. The van der Waals surface area contributed by atoms with Crippen molar-refractivity contribution in [3.63, 3.8) is 0 Å². The average molecular weight is 357 g/mol. The van der Waals surface area contributed by atoms with Gasteiger partial charge in [0.15, 0.2) is 0 Å². The Labute approximate surface area is 148 Å². The van der Waals surface area contributed by atoms with E-state index in [2.05, 4.69) is 9.97 Å². The van der Waals surface area contributed by atoms with Crippen molar-refractivity contribution in [2.75, 3.05) is 7.05 Å². The molecule has 7 heteroatoms. The number of aromatic nitrogens is 2. The van der Waals surface area contributed by atoms with Gasteiger partial charge in [-0.05, 0) is 37.0 Å². The lowest BCUT2D eigenvalue weighted by Gasteiger charge is -2.15. The smallest absolute Gasteiger partial charge is 0.259 e. The first-order valence-corrected chi connectivity index (χ1v) is 9.23. The van der Waals surface area contributed by atoms with E-state index in [1.165, 1.54) is 10.4 Å². The fourth-order valence-corrected chi connectivity index (χ4v) is 4.59. The number of aromatic amines is 1. The summed E-state index contributed by atoms with van der Waals surface area (Å²) in [6, 6.07) is 3.64. The minimum Gasteiger partial charge on any atom is -0.467 e. The van der Waals surface area contributed by atoms with Crippen molar-refractivity contribution in [3.05, 3.63) is 50.8 Å². The van der Waals surface area contributed by atoms with Gasteiger partial charge < -0.3 is 14.3 Å². The molecule has 4 rings (SSSR count). The van der Waals surface area contributed by atoms with Gasteiger partial charge in [-0.15, -0.1) is 11.3 Å². The molecule has 0 bridgehead atoms. The number of fused-ring (bicyclic) bond motifs is 3. The molecule has 0 aliphatic heterocycles. The molecule has 0 aromatic carbocycles. The van der Waals surface area contributed by atoms with E-state index in [4.69, 9.17) is 4.42 Å². The van der Waals surface area contributed by atoms with Crippen molar-refractivity contribution >= 4 is 27.5 Å². The Balaban J connectivity index is 1.46. The third-order valence-electron chi connectivity index (χ3n) is 4.60. The zero-order chi connectivity index (χ0) is 17.4. The Kier molecular flexibility index (Phi) is 4.17. The number of carbonyl (C=O) groups is 1. The Hall–Kier alpha value is -2.41. The molecular formula is C18H19N3O3S. The fourth-order valence-electron chi connectivity index (χ4n) is 3.31. The van der Waals surface area contributed by atoms with Crippen LogP contribution in [0.5, 0.6) is 0 Å². The number of hydrogen-bond donors (Lipinski definition) is 1. The predicted molar refractivity (Wildman–Crippen MR) is 95.8 cm³/mol. The predicted octanol–water partition coefficient (Wildman–Crippen LogP) is 2.66. The molecule has 0 atom stereocenters. The minimum atomic E-state index is -0.0733. The summed E-state index contributed by atoms with van der Waals surface area (Å²) in [5, 5.41) is 0.752. The summed E-state index contributed by atoms with van der Waals surface area (Å²) in [6.07, 6.45) is 5.45. The second-order valence-corrected chi connectivity index (χ2v) is 7.46. The number of thiophene rings is 1. The molecule has 3 aromatic heterocycles. The van der Waals surface area contributed by atoms with E-state index in [1.807, 2.05) is 6.07 Å². The van der Waals surface area contributed by atoms with E-state index in [-0.39, 0.29) is 11.5 Å². The molecule has 1 aliphatic rings. The lowest BCUT2D eigenvalue weighted by molar-refractivity contribution is -0.130. The van der Waals surface area contributed by atoms with Crippen LogP contribution >= 0.6 is 11.3 Å². The third kappa shape index (κ3) is 3.11. The van der Waals surface area contributed by atoms with Crippen molar-refractivity contribution in [1.82, 2.24) is 14.9 Å². The molecule has 0 saturated heterocycles. The molecule has 25 heavy (non-hydrogen) atoms. The van der Waals surface area contributed by atoms with Gasteiger partial charge in [0.2, 0.25) is 5.91 Å². The number of carbonyl (C=O) groups excluding carboxylic acids is 1. The van der Waals surface area contributed by atoms with Gasteiger partial charge in [0, 0.05) is 24.8 Å². The van der Waals surface area contributed by atoms with Gasteiger partial charge in [0.25, 0.3) is 5.56 Å². The van der Waals surface area contributed by atoms with Gasteiger partial charge in [-0.25, -0.2) is 4.98 Å². The SMILES string of the molecule is CN(Cc1ccco1)C(=O)CCc1nc2sc3c(c2c(=O)[nH]1)CCC3. The van der Waals surface area contributed by atoms with Crippen LogP contribution in [0.2, 0.25) is 0 Å². The average Bonchev–Trinajstić information content (AvgIpc) is 3.29. The Bertz CT molecular complexity index is 972.